The Morgan fingerprint density at radius 1 is 1.45 bits per heavy atom. The molecule has 1 saturated heterocycles. The van der Waals surface area contributed by atoms with Gasteiger partial charge in [0.2, 0.25) is 0 Å². The molecule has 2 unspecified atom stereocenters. The summed E-state index contributed by atoms with van der Waals surface area (Å²) in [5, 5.41) is 10.0. The van der Waals surface area contributed by atoms with Gasteiger partial charge in [-0.25, -0.2) is 4.98 Å². The number of likely N-dealkylation sites (N-methyl/N-ethyl adjacent to an activating group) is 1. The van der Waals surface area contributed by atoms with Gasteiger partial charge in [0.05, 0.1) is 6.10 Å². The lowest BCUT2D eigenvalue weighted by molar-refractivity contribution is 0.191. The van der Waals surface area contributed by atoms with Gasteiger partial charge in [-0.3, -0.25) is 0 Å². The quantitative estimate of drug-likeness (QED) is 0.847. The fraction of sp³-hybridized carbons (Fsp3) is 0.667. The predicted octanol–water partition coefficient (Wildman–Crippen LogP) is 0.658. The summed E-state index contributed by atoms with van der Waals surface area (Å²) in [5.74, 6) is 0.952. The van der Waals surface area contributed by atoms with Crippen molar-refractivity contribution in [2.75, 3.05) is 32.1 Å². The molecule has 0 spiro atoms. The summed E-state index contributed by atoms with van der Waals surface area (Å²) in [6, 6.07) is 2.36. The average molecular weight is 278 g/mol. The Morgan fingerprint density at radius 2 is 2.15 bits per heavy atom. The van der Waals surface area contributed by atoms with Crippen LogP contribution in [0.5, 0.6) is 0 Å². The molecule has 2 atom stereocenters. The molecule has 0 aliphatic carbocycles. The topological polar surface area (TPSA) is 65.6 Å². The second-order valence-electron chi connectivity index (χ2n) is 6.04. The molecule has 0 radical (unpaired) electrons. The van der Waals surface area contributed by atoms with E-state index in [1.807, 2.05) is 6.92 Å². The second-order valence-corrected chi connectivity index (χ2v) is 6.04. The summed E-state index contributed by atoms with van der Waals surface area (Å²) in [6.45, 7) is 6.12. The minimum atomic E-state index is -0.284. The molecular weight excluding hydrogens is 252 g/mol. The van der Waals surface area contributed by atoms with E-state index in [2.05, 4.69) is 36.9 Å². The van der Waals surface area contributed by atoms with Crippen LogP contribution in [0.4, 0.5) is 5.82 Å². The van der Waals surface area contributed by atoms with Gasteiger partial charge in [0.25, 0.3) is 0 Å². The summed E-state index contributed by atoms with van der Waals surface area (Å²) >= 11 is 0. The third-order valence-corrected chi connectivity index (χ3v) is 3.90. The molecule has 2 heterocycles. The second kappa shape index (κ2) is 6.08. The van der Waals surface area contributed by atoms with Crippen LogP contribution in [0, 0.1) is 13.8 Å². The number of nitrogens with two attached hydrogens (primary N) is 1. The summed E-state index contributed by atoms with van der Waals surface area (Å²) in [4.78, 5) is 9.08. The number of nitrogens with zero attached hydrogens (tertiary/aromatic N) is 3. The van der Waals surface area contributed by atoms with Gasteiger partial charge in [0.1, 0.15) is 5.82 Å². The Morgan fingerprint density at radius 3 is 2.75 bits per heavy atom. The van der Waals surface area contributed by atoms with Crippen LogP contribution in [0.1, 0.15) is 23.2 Å². The molecule has 1 aromatic heterocycles. The summed E-state index contributed by atoms with van der Waals surface area (Å²) < 4.78 is 0. The maximum Gasteiger partial charge on any atom is 0.133 e. The first-order valence-electron chi connectivity index (χ1n) is 7.19. The van der Waals surface area contributed by atoms with E-state index in [0.29, 0.717) is 19.1 Å². The summed E-state index contributed by atoms with van der Waals surface area (Å²) in [6.07, 6.45) is 0.504. The Kier molecular flexibility index (Phi) is 4.62. The number of hydrogen-bond donors (Lipinski definition) is 2. The number of aromatic nitrogens is 1. The van der Waals surface area contributed by atoms with E-state index < -0.39 is 0 Å². The highest BCUT2D eigenvalue weighted by Gasteiger charge is 2.33. The van der Waals surface area contributed by atoms with Crippen LogP contribution in [0.3, 0.4) is 0 Å². The molecule has 0 aromatic carbocycles. The van der Waals surface area contributed by atoms with Gasteiger partial charge in [-0.05, 0) is 46.0 Å². The maximum atomic E-state index is 10.0. The standard InChI is InChI=1S/C15H26N4O/c1-10-5-11(2)17-15(14(10)7-16)19-9-13(20)6-12(19)8-18(3)4/h5,12-13,20H,6-9,16H2,1-4H3. The van der Waals surface area contributed by atoms with Gasteiger partial charge in [-0.2, -0.15) is 0 Å². The van der Waals surface area contributed by atoms with Gasteiger partial charge in [0.15, 0.2) is 0 Å². The summed E-state index contributed by atoms with van der Waals surface area (Å²) in [5.41, 5.74) is 9.18. The first-order chi connectivity index (χ1) is 9.42. The molecule has 2 rings (SSSR count). The van der Waals surface area contributed by atoms with E-state index in [9.17, 15) is 5.11 Å². The van der Waals surface area contributed by atoms with Crippen LogP contribution in [-0.4, -0.2) is 54.3 Å². The molecule has 3 N–H and O–H groups in total. The van der Waals surface area contributed by atoms with Crippen molar-refractivity contribution in [1.29, 1.82) is 0 Å². The van der Waals surface area contributed by atoms with Crippen LogP contribution in [0.2, 0.25) is 0 Å². The van der Waals surface area contributed by atoms with Crippen LogP contribution < -0.4 is 10.6 Å². The lowest BCUT2D eigenvalue weighted by Crippen LogP contribution is -2.39. The first-order valence-corrected chi connectivity index (χ1v) is 7.19. The van der Waals surface area contributed by atoms with Crippen molar-refractivity contribution >= 4 is 5.82 Å². The van der Waals surface area contributed by atoms with Crippen LogP contribution in [-0.2, 0) is 6.54 Å². The van der Waals surface area contributed by atoms with Gasteiger partial charge in [0, 0.05) is 36.9 Å². The highest BCUT2D eigenvalue weighted by molar-refractivity contribution is 5.53. The first kappa shape index (κ1) is 15.2. The normalized spacial score (nSPS) is 22.9. The van der Waals surface area contributed by atoms with Gasteiger partial charge < -0.3 is 20.6 Å². The third kappa shape index (κ3) is 3.11. The molecule has 1 fully saturated rings. The molecule has 20 heavy (non-hydrogen) atoms. The van der Waals surface area contributed by atoms with Crippen molar-refractivity contribution in [3.8, 4) is 0 Å². The zero-order valence-corrected chi connectivity index (χ0v) is 12.9. The Labute approximate surface area is 121 Å². The molecule has 1 aromatic rings. The van der Waals surface area contributed by atoms with Crippen molar-refractivity contribution < 1.29 is 5.11 Å². The number of aliphatic hydroxyl groups is 1. The third-order valence-electron chi connectivity index (χ3n) is 3.90. The largest absolute Gasteiger partial charge is 0.391 e. The monoisotopic (exact) mass is 278 g/mol. The minimum Gasteiger partial charge on any atom is -0.391 e. The molecule has 5 nitrogen and oxygen atoms in total. The van der Waals surface area contributed by atoms with Crippen molar-refractivity contribution in [3.05, 3.63) is 22.9 Å². The number of anilines is 1. The van der Waals surface area contributed by atoms with E-state index in [4.69, 9.17) is 10.7 Å². The number of aliphatic hydroxyl groups excluding tert-OH is 1. The maximum absolute atomic E-state index is 10.0. The molecule has 0 saturated carbocycles. The highest BCUT2D eigenvalue weighted by Crippen LogP contribution is 2.29. The smallest absolute Gasteiger partial charge is 0.133 e. The lowest BCUT2D eigenvalue weighted by atomic mass is 10.1. The van der Waals surface area contributed by atoms with Crippen LogP contribution in [0.15, 0.2) is 6.07 Å². The van der Waals surface area contributed by atoms with E-state index in [1.165, 1.54) is 5.56 Å². The summed E-state index contributed by atoms with van der Waals surface area (Å²) in [7, 11) is 4.11. The molecule has 1 aliphatic rings. The molecule has 1 aliphatic heterocycles. The Hall–Kier alpha value is -1.17. The molecule has 112 valence electrons. The number of β-amino-alcohol motifs (C(OH)–C–C–N with tert-alkyl or cyclic N) is 1. The molecule has 0 bridgehead atoms. The minimum absolute atomic E-state index is 0.284. The molecule has 5 heteroatoms. The number of pyridine rings is 1. The number of hydrogen-bond acceptors (Lipinski definition) is 5. The van der Waals surface area contributed by atoms with Gasteiger partial charge in [-0.1, -0.05) is 0 Å². The Balaban J connectivity index is 2.38. The van der Waals surface area contributed by atoms with Crippen molar-refractivity contribution in [1.82, 2.24) is 9.88 Å². The highest BCUT2D eigenvalue weighted by atomic mass is 16.3. The van der Waals surface area contributed by atoms with Crippen molar-refractivity contribution in [2.24, 2.45) is 5.73 Å². The van der Waals surface area contributed by atoms with Crippen molar-refractivity contribution in [2.45, 2.75) is 39.0 Å². The zero-order valence-electron chi connectivity index (χ0n) is 12.9. The average Bonchev–Trinajstić information content (AvgIpc) is 2.68. The van der Waals surface area contributed by atoms with Gasteiger partial charge in [-0.15, -0.1) is 0 Å². The fourth-order valence-electron chi connectivity index (χ4n) is 3.08. The lowest BCUT2D eigenvalue weighted by Gasteiger charge is -2.30. The molecular formula is C15H26N4O. The van der Waals surface area contributed by atoms with Gasteiger partial charge >= 0.3 is 0 Å². The van der Waals surface area contributed by atoms with E-state index in [0.717, 1.165) is 30.0 Å². The number of rotatable bonds is 4. The zero-order chi connectivity index (χ0) is 14.9. The predicted molar refractivity (Wildman–Crippen MR) is 81.9 cm³/mol. The molecule has 0 amide bonds. The van der Waals surface area contributed by atoms with Crippen LogP contribution in [0.25, 0.3) is 0 Å². The Bertz CT molecular complexity index is 475. The van der Waals surface area contributed by atoms with E-state index in [-0.39, 0.29) is 6.10 Å². The van der Waals surface area contributed by atoms with Crippen molar-refractivity contribution in [3.63, 3.8) is 0 Å². The SMILES string of the molecule is Cc1cc(C)c(CN)c(N2CC(O)CC2CN(C)C)n1. The van der Waals surface area contributed by atoms with Crippen LogP contribution >= 0.6 is 0 Å². The van der Waals surface area contributed by atoms with E-state index in [1.54, 1.807) is 0 Å². The number of aryl methyl sites for hydroxylation is 2. The van der Waals surface area contributed by atoms with E-state index >= 15 is 0 Å². The fourth-order valence-corrected chi connectivity index (χ4v) is 3.08.